The molecule has 2 N–H and O–H groups in total. The SMILES string of the molecule is N#Cc1ccc(-c2cc(=O)c3c(O)cc(O)cc3o2)cc1. The van der Waals surface area contributed by atoms with E-state index in [1.165, 1.54) is 12.1 Å². The van der Waals surface area contributed by atoms with E-state index in [0.717, 1.165) is 6.07 Å². The highest BCUT2D eigenvalue weighted by Crippen LogP contribution is 2.30. The predicted molar refractivity (Wildman–Crippen MR) is 76.0 cm³/mol. The first-order valence-corrected chi connectivity index (χ1v) is 6.09. The number of nitrogens with zero attached hydrogens (tertiary/aromatic N) is 1. The fraction of sp³-hybridized carbons (Fsp3) is 0. The van der Waals surface area contributed by atoms with E-state index in [1.54, 1.807) is 24.3 Å². The van der Waals surface area contributed by atoms with Gasteiger partial charge >= 0.3 is 0 Å². The van der Waals surface area contributed by atoms with Gasteiger partial charge in [0, 0.05) is 23.8 Å². The Morgan fingerprint density at radius 2 is 1.76 bits per heavy atom. The summed E-state index contributed by atoms with van der Waals surface area (Å²) in [6.45, 7) is 0. The van der Waals surface area contributed by atoms with Gasteiger partial charge in [0.2, 0.25) is 0 Å². The van der Waals surface area contributed by atoms with Crippen molar-refractivity contribution in [2.24, 2.45) is 0 Å². The van der Waals surface area contributed by atoms with Crippen molar-refractivity contribution in [1.29, 1.82) is 5.26 Å². The minimum Gasteiger partial charge on any atom is -0.508 e. The summed E-state index contributed by atoms with van der Waals surface area (Å²) >= 11 is 0. The Morgan fingerprint density at radius 3 is 2.43 bits per heavy atom. The fourth-order valence-corrected chi connectivity index (χ4v) is 2.11. The second kappa shape index (κ2) is 4.69. The molecule has 0 unspecified atom stereocenters. The van der Waals surface area contributed by atoms with Crippen LogP contribution in [-0.2, 0) is 0 Å². The van der Waals surface area contributed by atoms with Crippen molar-refractivity contribution in [2.45, 2.75) is 0 Å². The number of phenolic OH excluding ortho intramolecular Hbond substituents is 2. The van der Waals surface area contributed by atoms with Gasteiger partial charge in [-0.05, 0) is 24.3 Å². The van der Waals surface area contributed by atoms with Crippen LogP contribution in [0.1, 0.15) is 5.56 Å². The van der Waals surface area contributed by atoms with Crippen LogP contribution in [0.3, 0.4) is 0 Å². The molecule has 0 bridgehead atoms. The zero-order valence-electron chi connectivity index (χ0n) is 10.7. The highest BCUT2D eigenvalue weighted by molar-refractivity contribution is 5.85. The normalized spacial score (nSPS) is 10.4. The third kappa shape index (κ3) is 2.19. The van der Waals surface area contributed by atoms with Crippen LogP contribution >= 0.6 is 0 Å². The van der Waals surface area contributed by atoms with Crippen molar-refractivity contribution in [3.63, 3.8) is 0 Å². The lowest BCUT2D eigenvalue weighted by Crippen LogP contribution is -2.00. The van der Waals surface area contributed by atoms with Gasteiger partial charge in [-0.25, -0.2) is 0 Å². The van der Waals surface area contributed by atoms with Gasteiger partial charge in [0.1, 0.15) is 28.2 Å². The summed E-state index contributed by atoms with van der Waals surface area (Å²) < 4.78 is 5.56. The largest absolute Gasteiger partial charge is 0.508 e. The smallest absolute Gasteiger partial charge is 0.197 e. The van der Waals surface area contributed by atoms with Crippen molar-refractivity contribution in [3.05, 3.63) is 58.3 Å². The van der Waals surface area contributed by atoms with E-state index in [4.69, 9.17) is 9.68 Å². The summed E-state index contributed by atoms with van der Waals surface area (Å²) in [7, 11) is 0. The van der Waals surface area contributed by atoms with Crippen LogP contribution in [0, 0.1) is 11.3 Å². The molecule has 0 atom stereocenters. The summed E-state index contributed by atoms with van der Waals surface area (Å²) in [6, 6.07) is 12.2. The highest BCUT2D eigenvalue weighted by atomic mass is 16.3. The number of benzene rings is 2. The number of rotatable bonds is 1. The molecule has 0 aliphatic carbocycles. The lowest BCUT2D eigenvalue weighted by atomic mass is 10.1. The Labute approximate surface area is 118 Å². The van der Waals surface area contributed by atoms with Gasteiger partial charge in [-0.15, -0.1) is 0 Å². The second-order valence-corrected chi connectivity index (χ2v) is 4.50. The zero-order chi connectivity index (χ0) is 15.0. The molecule has 5 heteroatoms. The van der Waals surface area contributed by atoms with E-state index in [9.17, 15) is 15.0 Å². The third-order valence-electron chi connectivity index (χ3n) is 3.09. The van der Waals surface area contributed by atoms with Gasteiger partial charge in [0.15, 0.2) is 5.43 Å². The van der Waals surface area contributed by atoms with Crippen LogP contribution in [0.5, 0.6) is 11.5 Å². The molecule has 0 aliphatic heterocycles. The predicted octanol–water partition coefficient (Wildman–Crippen LogP) is 2.74. The van der Waals surface area contributed by atoms with Crippen LogP contribution in [0.4, 0.5) is 0 Å². The van der Waals surface area contributed by atoms with Crippen LogP contribution in [-0.4, -0.2) is 10.2 Å². The lowest BCUT2D eigenvalue weighted by Gasteiger charge is -2.05. The number of phenols is 2. The topological polar surface area (TPSA) is 94.5 Å². The first-order chi connectivity index (χ1) is 10.1. The molecule has 5 nitrogen and oxygen atoms in total. The Balaban J connectivity index is 2.25. The molecule has 21 heavy (non-hydrogen) atoms. The molecule has 0 amide bonds. The van der Waals surface area contributed by atoms with Crippen molar-refractivity contribution in [3.8, 4) is 28.9 Å². The Bertz CT molecular complexity index is 933. The lowest BCUT2D eigenvalue weighted by molar-refractivity contribution is 0.452. The molecular formula is C16H9NO4. The third-order valence-corrected chi connectivity index (χ3v) is 3.09. The Kier molecular flexibility index (Phi) is 2.85. The van der Waals surface area contributed by atoms with E-state index in [0.29, 0.717) is 16.9 Å². The Hall–Kier alpha value is -3.26. The van der Waals surface area contributed by atoms with E-state index in [-0.39, 0.29) is 22.5 Å². The molecule has 102 valence electrons. The molecule has 0 saturated carbocycles. The summed E-state index contributed by atoms with van der Waals surface area (Å²) in [6.07, 6.45) is 0. The van der Waals surface area contributed by atoms with E-state index >= 15 is 0 Å². The highest BCUT2D eigenvalue weighted by Gasteiger charge is 2.12. The van der Waals surface area contributed by atoms with Gasteiger partial charge < -0.3 is 14.6 Å². The standard InChI is InChI=1S/C16H9NO4/c17-8-9-1-3-10(4-2-9)14-7-13(20)16-12(19)5-11(18)6-15(16)21-14/h1-7,18-19H. The average Bonchev–Trinajstić information content (AvgIpc) is 2.46. The summed E-state index contributed by atoms with van der Waals surface area (Å²) in [5.74, 6) is -0.229. The van der Waals surface area contributed by atoms with Gasteiger partial charge in [-0.2, -0.15) is 5.26 Å². The number of fused-ring (bicyclic) bond motifs is 1. The van der Waals surface area contributed by atoms with Crippen molar-refractivity contribution in [2.75, 3.05) is 0 Å². The molecule has 3 rings (SSSR count). The molecule has 1 heterocycles. The fourth-order valence-electron chi connectivity index (χ4n) is 2.11. The maximum atomic E-state index is 12.1. The zero-order valence-corrected chi connectivity index (χ0v) is 10.7. The summed E-state index contributed by atoms with van der Waals surface area (Å²) in [4.78, 5) is 12.1. The van der Waals surface area contributed by atoms with Gasteiger partial charge in [0.05, 0.1) is 11.6 Å². The minimum absolute atomic E-state index is 0.0187. The van der Waals surface area contributed by atoms with Crippen molar-refractivity contribution < 1.29 is 14.6 Å². The van der Waals surface area contributed by atoms with Crippen LogP contribution in [0.2, 0.25) is 0 Å². The van der Waals surface area contributed by atoms with Gasteiger partial charge in [0.25, 0.3) is 0 Å². The maximum absolute atomic E-state index is 12.1. The quantitative estimate of drug-likeness (QED) is 0.714. The number of hydrogen-bond donors (Lipinski definition) is 2. The monoisotopic (exact) mass is 279 g/mol. The minimum atomic E-state index is -0.409. The van der Waals surface area contributed by atoms with Gasteiger partial charge in [-0.1, -0.05) is 0 Å². The van der Waals surface area contributed by atoms with Crippen LogP contribution in [0.15, 0.2) is 51.7 Å². The number of nitriles is 1. The van der Waals surface area contributed by atoms with Crippen molar-refractivity contribution >= 4 is 11.0 Å². The van der Waals surface area contributed by atoms with Crippen LogP contribution in [0.25, 0.3) is 22.3 Å². The molecule has 3 aromatic rings. The average molecular weight is 279 g/mol. The summed E-state index contributed by atoms with van der Waals surface area (Å²) in [5.41, 5.74) is 0.806. The first kappa shape index (κ1) is 12.8. The van der Waals surface area contributed by atoms with Crippen LogP contribution < -0.4 is 5.43 Å². The maximum Gasteiger partial charge on any atom is 0.197 e. The van der Waals surface area contributed by atoms with E-state index in [2.05, 4.69) is 0 Å². The molecule has 0 aliphatic rings. The second-order valence-electron chi connectivity index (χ2n) is 4.50. The Morgan fingerprint density at radius 1 is 1.05 bits per heavy atom. The number of aromatic hydroxyl groups is 2. The molecule has 0 fully saturated rings. The molecule has 0 saturated heterocycles. The van der Waals surface area contributed by atoms with E-state index in [1.807, 2.05) is 6.07 Å². The van der Waals surface area contributed by atoms with Gasteiger partial charge in [-0.3, -0.25) is 4.79 Å². The molecular weight excluding hydrogens is 270 g/mol. The molecule has 0 spiro atoms. The van der Waals surface area contributed by atoms with E-state index < -0.39 is 5.43 Å². The van der Waals surface area contributed by atoms with Crippen molar-refractivity contribution in [1.82, 2.24) is 0 Å². The molecule has 1 aromatic heterocycles. The number of hydrogen-bond acceptors (Lipinski definition) is 5. The first-order valence-electron chi connectivity index (χ1n) is 6.09. The molecule has 0 radical (unpaired) electrons. The molecule has 2 aromatic carbocycles. The summed E-state index contributed by atoms with van der Waals surface area (Å²) in [5, 5.41) is 28.0.